The van der Waals surface area contributed by atoms with Crippen molar-refractivity contribution in [1.82, 2.24) is 9.13 Å². The van der Waals surface area contributed by atoms with E-state index in [0.29, 0.717) is 12.0 Å². The van der Waals surface area contributed by atoms with Gasteiger partial charge in [-0.1, -0.05) is 48.5 Å². The van der Waals surface area contributed by atoms with Gasteiger partial charge < -0.3 is 9.81 Å². The van der Waals surface area contributed by atoms with Crippen LogP contribution >= 0.6 is 12.0 Å². The summed E-state index contributed by atoms with van der Waals surface area (Å²) < 4.78 is 43.2. The van der Waals surface area contributed by atoms with E-state index >= 15 is 0 Å². The standard InChI is InChI=1S/C34H20N2O10S2.2K/c37-31-19-9-1-5-13-25(19)35(33(39)21-11-3-7-15-29(21)47-46-45-41)27-17-24-28(18-23(27)31)36(26-14-6-2-10-20(26)32(24)38)34(40)22-12-4-8-16-30(22)48(42,43)44;;/h1-18,41H,(H,42,43,44);;/q;2*+1/p-2. The first-order valence-corrected chi connectivity index (χ1v) is 16.2. The van der Waals surface area contributed by atoms with Crippen LogP contribution in [0.4, 0.5) is 0 Å². The third kappa shape index (κ3) is 6.85. The smallest absolute Gasteiger partial charge is 0.744 e. The van der Waals surface area contributed by atoms with Crippen molar-refractivity contribution in [1.29, 1.82) is 0 Å². The summed E-state index contributed by atoms with van der Waals surface area (Å²) in [6, 6.07) is 26.2. The Kier molecular flexibility index (Phi) is 12.3. The minimum Gasteiger partial charge on any atom is -0.744 e. The fourth-order valence-electron chi connectivity index (χ4n) is 5.89. The third-order valence-corrected chi connectivity index (χ3v) is 9.48. The SMILES string of the molecule is O=C(c1ccccc1SOO[O-])n1c2ccccc2c(=O)c2cc3c(cc21)c(=O)c1ccccc1n3C(=O)c1ccccc1S(=O)(=O)[O-].[K+].[K+]. The van der Waals surface area contributed by atoms with Crippen molar-refractivity contribution in [2.24, 2.45) is 0 Å². The number of rotatable bonds is 6. The zero-order valence-electron chi connectivity index (χ0n) is 26.2. The molecule has 0 saturated carbocycles. The molecule has 0 atom stereocenters. The number of pyridine rings is 2. The van der Waals surface area contributed by atoms with Gasteiger partial charge in [-0.15, -0.1) is 0 Å². The number of nitrogens with zero attached hydrogens (tertiary/aromatic N) is 2. The molecule has 0 bridgehead atoms. The number of hydrogen-bond acceptors (Lipinski definition) is 11. The maximum absolute atomic E-state index is 14.3. The molecule has 16 heteroatoms. The average Bonchev–Trinajstić information content (AvgIpc) is 3.10. The van der Waals surface area contributed by atoms with Crippen LogP contribution in [0.1, 0.15) is 20.7 Å². The van der Waals surface area contributed by atoms with Crippen LogP contribution in [0.2, 0.25) is 0 Å². The van der Waals surface area contributed by atoms with Crippen LogP contribution in [0.3, 0.4) is 0 Å². The Morgan fingerprint density at radius 1 is 0.600 bits per heavy atom. The number of carbonyl (C=O) groups is 2. The molecule has 2 aromatic heterocycles. The Bertz CT molecular complexity index is 2750. The van der Waals surface area contributed by atoms with Crippen LogP contribution in [-0.4, -0.2) is 33.9 Å². The van der Waals surface area contributed by atoms with E-state index < -0.39 is 43.2 Å². The number of benzene rings is 5. The van der Waals surface area contributed by atoms with Gasteiger partial charge in [0, 0.05) is 21.5 Å². The van der Waals surface area contributed by atoms with E-state index in [9.17, 15) is 37.4 Å². The summed E-state index contributed by atoms with van der Waals surface area (Å²) in [5.41, 5.74) is -1.12. The summed E-state index contributed by atoms with van der Waals surface area (Å²) in [5, 5.41) is 14.1. The molecule has 0 saturated heterocycles. The molecule has 238 valence electrons. The van der Waals surface area contributed by atoms with Gasteiger partial charge in [0.05, 0.1) is 55.0 Å². The fourth-order valence-corrected chi connectivity index (χ4v) is 7.04. The molecule has 0 unspecified atom stereocenters. The van der Waals surface area contributed by atoms with E-state index in [1.807, 2.05) is 0 Å². The Balaban J connectivity index is 0.00000243. The topological polar surface area (TPSA) is 177 Å². The molecule has 7 rings (SSSR count). The van der Waals surface area contributed by atoms with Crippen LogP contribution in [0.15, 0.2) is 129 Å². The van der Waals surface area contributed by atoms with Gasteiger partial charge in [-0.2, -0.15) is 4.33 Å². The predicted molar refractivity (Wildman–Crippen MR) is 173 cm³/mol. The molecule has 0 radical (unpaired) electrons. The monoisotopic (exact) mass is 756 g/mol. The Morgan fingerprint density at radius 3 is 1.56 bits per heavy atom. The molecule has 5 aromatic carbocycles. The van der Waals surface area contributed by atoms with E-state index in [0.717, 1.165) is 10.6 Å². The molecular weight excluding hydrogens is 739 g/mol. The van der Waals surface area contributed by atoms with Gasteiger partial charge in [0.25, 0.3) is 11.8 Å². The van der Waals surface area contributed by atoms with Crippen molar-refractivity contribution in [3.05, 3.63) is 141 Å². The maximum Gasteiger partial charge on any atom is 1.00 e. The number of carbonyl (C=O) groups excluding carboxylic acids is 2. The predicted octanol–water partition coefficient (Wildman–Crippen LogP) is -1.86. The summed E-state index contributed by atoms with van der Waals surface area (Å²) >= 11 is 0.510. The second-order valence-electron chi connectivity index (χ2n) is 10.5. The van der Waals surface area contributed by atoms with Crippen LogP contribution in [0, 0.1) is 0 Å². The Morgan fingerprint density at radius 2 is 1.04 bits per heavy atom. The largest absolute Gasteiger partial charge is 1.00 e. The zero-order valence-corrected chi connectivity index (χ0v) is 34.1. The first-order chi connectivity index (χ1) is 23.1. The minimum absolute atomic E-state index is 0. The summed E-state index contributed by atoms with van der Waals surface area (Å²) in [6.45, 7) is 0. The van der Waals surface area contributed by atoms with E-state index in [-0.39, 0.29) is 157 Å². The third-order valence-electron chi connectivity index (χ3n) is 7.93. The fraction of sp³-hybridized carbons (Fsp3) is 0. The number of aromatic nitrogens is 2. The minimum atomic E-state index is -5.09. The van der Waals surface area contributed by atoms with Crippen LogP contribution < -0.4 is 119 Å². The first kappa shape index (κ1) is 39.0. The molecule has 0 spiro atoms. The van der Waals surface area contributed by atoms with Crippen molar-refractivity contribution >= 4 is 77.6 Å². The second-order valence-corrected chi connectivity index (χ2v) is 12.6. The van der Waals surface area contributed by atoms with E-state index in [1.165, 1.54) is 65.2 Å². The first-order valence-electron chi connectivity index (χ1n) is 14.0. The van der Waals surface area contributed by atoms with Crippen molar-refractivity contribution < 1.29 is 140 Å². The maximum atomic E-state index is 14.3. The average molecular weight is 757 g/mol. The van der Waals surface area contributed by atoms with Gasteiger partial charge >= 0.3 is 103 Å². The summed E-state index contributed by atoms with van der Waals surface area (Å²) in [4.78, 5) is 56.1. The van der Waals surface area contributed by atoms with Gasteiger partial charge in [-0.3, -0.25) is 33.4 Å². The molecule has 0 aliphatic carbocycles. The Hall–Kier alpha value is -2.21. The Labute approximate surface area is 371 Å². The van der Waals surface area contributed by atoms with Crippen molar-refractivity contribution in [3.8, 4) is 0 Å². The zero-order chi connectivity index (χ0) is 33.7. The number of hydrogen-bond donors (Lipinski definition) is 0. The molecule has 0 N–H and O–H groups in total. The van der Waals surface area contributed by atoms with Crippen molar-refractivity contribution in [3.63, 3.8) is 0 Å². The molecule has 0 fully saturated rings. The molecule has 50 heavy (non-hydrogen) atoms. The van der Waals surface area contributed by atoms with Gasteiger partial charge in [-0.05, 0) is 60.7 Å². The van der Waals surface area contributed by atoms with Crippen molar-refractivity contribution in [2.45, 2.75) is 9.79 Å². The van der Waals surface area contributed by atoms with E-state index in [4.69, 9.17) is 0 Å². The molecular formula is C34H18K2N2O10S2. The normalized spacial score (nSPS) is 11.4. The summed E-state index contributed by atoms with van der Waals surface area (Å²) in [7, 11) is -5.09. The van der Waals surface area contributed by atoms with Gasteiger partial charge in [-0.25, -0.2) is 8.42 Å². The second kappa shape index (κ2) is 15.8. The quantitative estimate of drug-likeness (QED) is 0.0465. The van der Waals surface area contributed by atoms with E-state index in [1.54, 1.807) is 42.5 Å². The van der Waals surface area contributed by atoms with E-state index in [2.05, 4.69) is 9.37 Å². The van der Waals surface area contributed by atoms with Crippen LogP contribution in [-0.2, 0) is 19.5 Å². The van der Waals surface area contributed by atoms with Crippen LogP contribution in [0.25, 0.3) is 43.6 Å². The van der Waals surface area contributed by atoms with Gasteiger partial charge in [0.2, 0.25) is 0 Å². The summed E-state index contributed by atoms with van der Waals surface area (Å²) in [6.07, 6.45) is 0. The van der Waals surface area contributed by atoms with Crippen LogP contribution in [0.5, 0.6) is 0 Å². The molecule has 12 nitrogen and oxygen atoms in total. The van der Waals surface area contributed by atoms with Gasteiger partial charge in [0.1, 0.15) is 10.1 Å². The number of fused-ring (bicyclic) bond motifs is 4. The molecule has 0 amide bonds. The molecule has 7 aromatic rings. The van der Waals surface area contributed by atoms with Crippen molar-refractivity contribution in [2.75, 3.05) is 0 Å². The molecule has 0 aliphatic heterocycles. The summed E-state index contributed by atoms with van der Waals surface area (Å²) in [5.74, 6) is -1.57. The number of para-hydroxylation sites is 2. The molecule has 0 aliphatic rings. The van der Waals surface area contributed by atoms with Gasteiger partial charge in [0.15, 0.2) is 10.9 Å². The molecule has 2 heterocycles.